The average molecular weight is 572 g/mol. The number of amides is 3. The summed E-state index contributed by atoms with van der Waals surface area (Å²) in [6.45, 7) is 4.85. The second kappa shape index (κ2) is 11.6. The van der Waals surface area contributed by atoms with Gasteiger partial charge in [-0.1, -0.05) is 19.1 Å². The number of nitrogens with zero attached hydrogens (tertiary/aromatic N) is 6. The highest BCUT2D eigenvalue weighted by Gasteiger charge is 2.35. The first kappa shape index (κ1) is 27.5. The van der Waals surface area contributed by atoms with Crippen molar-refractivity contribution >= 4 is 67.9 Å². The van der Waals surface area contributed by atoms with Crippen LogP contribution in [0.4, 0.5) is 27.8 Å². The average Bonchev–Trinajstić information content (AvgIpc) is 3.50. The molecule has 1 aliphatic heterocycles. The lowest BCUT2D eigenvalue weighted by molar-refractivity contribution is -0.384. The van der Waals surface area contributed by atoms with Gasteiger partial charge in [-0.15, -0.1) is 10.2 Å². The van der Waals surface area contributed by atoms with Gasteiger partial charge < -0.3 is 10.2 Å². The Bertz CT molecular complexity index is 1680. The summed E-state index contributed by atoms with van der Waals surface area (Å²) < 4.78 is 4.28. The molecule has 13 heteroatoms. The first-order valence-corrected chi connectivity index (χ1v) is 13.7. The summed E-state index contributed by atoms with van der Waals surface area (Å²) in [5.41, 5.74) is 2.88. The number of nitrogens with one attached hydrogen (secondary N) is 1. The molecule has 3 aromatic carbocycles. The Labute approximate surface area is 238 Å². The van der Waals surface area contributed by atoms with Crippen LogP contribution in [0, 0.1) is 10.1 Å². The van der Waals surface area contributed by atoms with E-state index in [2.05, 4.69) is 19.9 Å². The van der Waals surface area contributed by atoms with E-state index in [0.717, 1.165) is 17.2 Å². The largest absolute Gasteiger partial charge is 0.370 e. The number of aromatic nitrogens is 1. The first-order valence-electron chi connectivity index (χ1n) is 12.9. The minimum atomic E-state index is -0.483. The van der Waals surface area contributed by atoms with Crippen molar-refractivity contribution < 1.29 is 19.3 Å². The van der Waals surface area contributed by atoms with Crippen LogP contribution in [0.25, 0.3) is 10.9 Å². The number of imide groups is 1. The van der Waals surface area contributed by atoms with Gasteiger partial charge in [0, 0.05) is 49.3 Å². The van der Waals surface area contributed by atoms with Crippen LogP contribution < -0.4 is 10.2 Å². The van der Waals surface area contributed by atoms with E-state index in [1.165, 1.54) is 17.0 Å². The van der Waals surface area contributed by atoms with Gasteiger partial charge >= 0.3 is 0 Å². The molecule has 0 atom stereocenters. The van der Waals surface area contributed by atoms with E-state index < -0.39 is 4.92 Å². The van der Waals surface area contributed by atoms with Gasteiger partial charge in [-0.2, -0.15) is 4.37 Å². The summed E-state index contributed by atoms with van der Waals surface area (Å²) >= 11 is 1.06. The highest BCUT2D eigenvalue weighted by Crippen LogP contribution is 2.36. The molecule has 0 saturated heterocycles. The molecular weight excluding hydrogens is 546 g/mol. The smallest absolute Gasteiger partial charge is 0.270 e. The third-order valence-corrected chi connectivity index (χ3v) is 7.46. The minimum absolute atomic E-state index is 0.0738. The highest BCUT2D eigenvalue weighted by molar-refractivity contribution is 7.11. The third kappa shape index (κ3) is 5.52. The Morgan fingerprint density at radius 3 is 2.44 bits per heavy atom. The summed E-state index contributed by atoms with van der Waals surface area (Å²) in [6, 6.07) is 16.4. The van der Waals surface area contributed by atoms with Crippen molar-refractivity contribution in [1.29, 1.82) is 0 Å². The van der Waals surface area contributed by atoms with Crippen molar-refractivity contribution in [2.24, 2.45) is 10.2 Å². The molecule has 3 amide bonds. The number of fused-ring (bicyclic) bond motifs is 2. The van der Waals surface area contributed by atoms with Crippen molar-refractivity contribution in [2.75, 3.05) is 29.9 Å². The Kier molecular flexibility index (Phi) is 7.79. The van der Waals surface area contributed by atoms with Gasteiger partial charge in [0.2, 0.25) is 5.91 Å². The number of nitro benzene ring substituents is 1. The van der Waals surface area contributed by atoms with Crippen LogP contribution in [0.2, 0.25) is 0 Å². The summed E-state index contributed by atoms with van der Waals surface area (Å²) in [4.78, 5) is 51.8. The lowest BCUT2D eigenvalue weighted by atomic mass is 10.1. The number of carbonyl (C=O) groups is 3. The maximum Gasteiger partial charge on any atom is 0.270 e. The van der Waals surface area contributed by atoms with Gasteiger partial charge in [0.1, 0.15) is 5.69 Å². The number of rotatable bonds is 10. The standard InChI is InChI=1S/C28H25N7O5S/c1-3-25(36)29-24-16-17(33(4-2)13-14-34-27(37)19-7-5-6-8-20(19)28(34)38)9-12-23(24)30-31-26-21-15-18(35(39)40)10-11-22(21)32-41-26/h5-12,15-16H,3-4,13-14H2,1-2H3,(H,29,36)/b31-30+. The highest BCUT2D eigenvalue weighted by atomic mass is 32.1. The molecule has 0 fully saturated rings. The Morgan fingerprint density at radius 1 is 1.05 bits per heavy atom. The van der Waals surface area contributed by atoms with Crippen LogP contribution in [0.15, 0.2) is 70.9 Å². The van der Waals surface area contributed by atoms with Gasteiger partial charge in [-0.05, 0) is 54.9 Å². The molecule has 0 unspecified atom stereocenters. The number of azo groups is 1. The van der Waals surface area contributed by atoms with Gasteiger partial charge in [0.05, 0.1) is 27.3 Å². The molecule has 4 aromatic rings. The number of non-ortho nitro benzene ring substituents is 1. The van der Waals surface area contributed by atoms with E-state index in [1.54, 1.807) is 49.4 Å². The molecule has 41 heavy (non-hydrogen) atoms. The Morgan fingerprint density at radius 2 is 1.78 bits per heavy atom. The Balaban J connectivity index is 1.39. The van der Waals surface area contributed by atoms with Crippen LogP contribution in [0.1, 0.15) is 41.0 Å². The molecule has 208 valence electrons. The van der Waals surface area contributed by atoms with E-state index in [-0.39, 0.29) is 36.4 Å². The van der Waals surface area contributed by atoms with Crippen molar-refractivity contribution in [3.05, 3.63) is 81.9 Å². The Hall–Kier alpha value is -5.04. The molecule has 1 aliphatic rings. The maximum atomic E-state index is 12.8. The monoisotopic (exact) mass is 571 g/mol. The predicted molar refractivity (Wildman–Crippen MR) is 156 cm³/mol. The SMILES string of the molecule is CCC(=O)Nc1cc(N(CC)CCN2C(=O)c3ccccc3C2=O)ccc1/N=N/c1snc2ccc([N+](=O)[O-])cc12. The molecule has 12 nitrogen and oxygen atoms in total. The molecule has 0 spiro atoms. The second-order valence-corrected chi connectivity index (χ2v) is 9.89. The fourth-order valence-corrected chi connectivity index (χ4v) is 5.16. The molecule has 2 heterocycles. The van der Waals surface area contributed by atoms with Crippen LogP contribution in [0.3, 0.4) is 0 Å². The zero-order valence-corrected chi connectivity index (χ0v) is 23.1. The number of benzene rings is 3. The minimum Gasteiger partial charge on any atom is -0.370 e. The summed E-state index contributed by atoms with van der Waals surface area (Å²) in [7, 11) is 0. The summed E-state index contributed by atoms with van der Waals surface area (Å²) in [6.07, 6.45) is 0.251. The normalized spacial score (nSPS) is 12.8. The third-order valence-electron chi connectivity index (χ3n) is 6.69. The van der Waals surface area contributed by atoms with Crippen LogP contribution >= 0.6 is 11.5 Å². The topological polar surface area (TPSA) is 150 Å². The first-order chi connectivity index (χ1) is 19.8. The number of hydrogen-bond donors (Lipinski definition) is 1. The van der Waals surface area contributed by atoms with Crippen LogP contribution in [-0.4, -0.2) is 51.6 Å². The molecular formula is C28H25N7O5S. The lowest BCUT2D eigenvalue weighted by Gasteiger charge is -2.26. The number of nitro groups is 1. The molecule has 1 aromatic heterocycles. The quantitative estimate of drug-likeness (QED) is 0.105. The molecule has 0 bridgehead atoms. The van der Waals surface area contributed by atoms with Crippen LogP contribution in [0.5, 0.6) is 0 Å². The van der Waals surface area contributed by atoms with Gasteiger partial charge in [0.15, 0.2) is 5.00 Å². The zero-order chi connectivity index (χ0) is 29.1. The summed E-state index contributed by atoms with van der Waals surface area (Å²) in [5, 5.41) is 23.6. The van der Waals surface area contributed by atoms with Gasteiger partial charge in [-0.25, -0.2) is 0 Å². The predicted octanol–water partition coefficient (Wildman–Crippen LogP) is 6.09. The number of anilines is 2. The van der Waals surface area contributed by atoms with Crippen molar-refractivity contribution in [3.63, 3.8) is 0 Å². The maximum absolute atomic E-state index is 12.8. The van der Waals surface area contributed by atoms with E-state index in [1.807, 2.05) is 17.9 Å². The van der Waals surface area contributed by atoms with Crippen molar-refractivity contribution in [1.82, 2.24) is 9.27 Å². The van der Waals surface area contributed by atoms with E-state index in [4.69, 9.17) is 0 Å². The van der Waals surface area contributed by atoms with E-state index in [9.17, 15) is 24.5 Å². The number of carbonyl (C=O) groups excluding carboxylic acids is 3. The summed E-state index contributed by atoms with van der Waals surface area (Å²) in [5.74, 6) is -0.838. The molecule has 1 N–H and O–H groups in total. The molecule has 0 saturated carbocycles. The molecule has 5 rings (SSSR count). The van der Waals surface area contributed by atoms with Gasteiger partial charge in [0.25, 0.3) is 17.5 Å². The molecule has 0 radical (unpaired) electrons. The van der Waals surface area contributed by atoms with Crippen LogP contribution in [-0.2, 0) is 4.79 Å². The fraction of sp³-hybridized carbons (Fsp3) is 0.214. The van der Waals surface area contributed by atoms with E-state index in [0.29, 0.717) is 51.5 Å². The zero-order valence-electron chi connectivity index (χ0n) is 22.2. The second-order valence-electron chi connectivity index (χ2n) is 9.14. The fourth-order valence-electron chi connectivity index (χ4n) is 4.48. The van der Waals surface area contributed by atoms with E-state index >= 15 is 0 Å². The number of hydrogen-bond acceptors (Lipinski definition) is 10. The van der Waals surface area contributed by atoms with Gasteiger partial charge in [-0.3, -0.25) is 29.4 Å². The lowest BCUT2D eigenvalue weighted by Crippen LogP contribution is -2.38. The molecule has 0 aliphatic carbocycles. The van der Waals surface area contributed by atoms with Crippen molar-refractivity contribution in [2.45, 2.75) is 20.3 Å². The van der Waals surface area contributed by atoms with Crippen molar-refractivity contribution in [3.8, 4) is 0 Å². The number of likely N-dealkylation sites (N-methyl/N-ethyl adjacent to an activating group) is 1.